The Morgan fingerprint density at radius 2 is 1.85 bits per heavy atom. The number of aromatic hydroxyl groups is 1. The smallest absolute Gasteiger partial charge is 0.267 e. The molecule has 1 aromatic carbocycles. The summed E-state index contributed by atoms with van der Waals surface area (Å²) in [6, 6.07) is 0. The van der Waals surface area contributed by atoms with Crippen molar-refractivity contribution in [2.24, 2.45) is 0 Å². The lowest BCUT2D eigenvalue weighted by Crippen LogP contribution is -2.36. The highest BCUT2D eigenvalue weighted by atomic mass is 35.5. The lowest BCUT2D eigenvalue weighted by Gasteiger charge is -2.11. The number of nitrogens with one attached hydrogen (secondary N) is 1. The number of halogens is 1. The topological polar surface area (TPSA) is 86.7 Å². The van der Waals surface area contributed by atoms with Crippen LogP contribution in [-0.2, 0) is 0 Å². The summed E-state index contributed by atoms with van der Waals surface area (Å²) in [7, 11) is 3.09. The zero-order chi connectivity index (χ0) is 15.2. The monoisotopic (exact) mass is 314 g/mol. The summed E-state index contributed by atoms with van der Waals surface area (Å²) in [5, 5.41) is 12.7. The number of carbonyl (C=O) groups is 1. The number of thiophene rings is 1. The Morgan fingerprint density at radius 1 is 1.25 bits per heavy atom. The molecule has 0 radical (unpaired) electrons. The second-order valence-electron chi connectivity index (χ2n) is 4.41. The number of nitrogens with zero attached hydrogens (tertiary/aromatic N) is 1. The van der Waals surface area contributed by atoms with Crippen molar-refractivity contribution >= 4 is 40.2 Å². The van der Waals surface area contributed by atoms with Gasteiger partial charge < -0.3 is 15.3 Å². The van der Waals surface area contributed by atoms with Crippen LogP contribution in [0.3, 0.4) is 0 Å². The van der Waals surface area contributed by atoms with Crippen molar-refractivity contribution in [3.63, 3.8) is 0 Å². The van der Waals surface area contributed by atoms with Gasteiger partial charge >= 0.3 is 0 Å². The first-order valence-corrected chi connectivity index (χ1v) is 6.75. The lowest BCUT2D eigenvalue weighted by molar-refractivity contribution is 0.0829. The maximum absolute atomic E-state index is 11.8. The van der Waals surface area contributed by atoms with Crippen LogP contribution >= 0.6 is 22.9 Å². The van der Waals surface area contributed by atoms with Gasteiger partial charge in [-0.25, -0.2) is 0 Å². The molecule has 0 bridgehead atoms. The molecule has 2 aromatic rings. The average molecular weight is 315 g/mol. The second-order valence-corrected chi connectivity index (χ2v) is 6.03. The van der Waals surface area contributed by atoms with Gasteiger partial charge in [-0.2, -0.15) is 0 Å². The zero-order valence-electron chi connectivity index (χ0n) is 10.9. The number of rotatable bonds is 3. The number of hydrogen-bond donors (Lipinski definition) is 2. The predicted molar refractivity (Wildman–Crippen MR) is 78.4 cm³/mol. The molecular formula is C12H11ClN2O4S. The van der Waals surface area contributed by atoms with Crippen LogP contribution in [0, 0.1) is 6.92 Å². The number of carbonyl (C=O) groups excluding carboxylic acids is 1. The molecule has 0 aliphatic heterocycles. The van der Waals surface area contributed by atoms with E-state index in [1.54, 1.807) is 14.1 Å². The van der Waals surface area contributed by atoms with E-state index in [0.29, 0.717) is 0 Å². The van der Waals surface area contributed by atoms with Crippen molar-refractivity contribution in [1.29, 1.82) is 0 Å². The maximum atomic E-state index is 11.8. The van der Waals surface area contributed by atoms with Crippen LogP contribution < -0.4 is 16.2 Å². The first kappa shape index (κ1) is 14.5. The van der Waals surface area contributed by atoms with E-state index in [2.05, 4.69) is 5.32 Å². The van der Waals surface area contributed by atoms with Gasteiger partial charge in [0.15, 0.2) is 5.75 Å². The van der Waals surface area contributed by atoms with Crippen LogP contribution in [0.5, 0.6) is 5.75 Å². The molecule has 0 saturated carbocycles. The van der Waals surface area contributed by atoms with E-state index in [-0.39, 0.29) is 31.9 Å². The Morgan fingerprint density at radius 3 is 2.35 bits per heavy atom. The summed E-state index contributed by atoms with van der Waals surface area (Å²) in [5.41, 5.74) is -0.796. The lowest BCUT2D eigenvalue weighted by atomic mass is 10.1. The van der Waals surface area contributed by atoms with Gasteiger partial charge in [-0.05, 0) is 6.92 Å². The first-order chi connectivity index (χ1) is 9.25. The van der Waals surface area contributed by atoms with Crippen molar-refractivity contribution in [2.45, 2.75) is 6.92 Å². The van der Waals surface area contributed by atoms with E-state index in [0.717, 1.165) is 11.3 Å². The maximum Gasteiger partial charge on any atom is 0.267 e. The summed E-state index contributed by atoms with van der Waals surface area (Å²) < 4.78 is 0.139. The van der Waals surface area contributed by atoms with Crippen molar-refractivity contribution in [2.75, 3.05) is 19.4 Å². The average Bonchev–Trinajstić information content (AvgIpc) is 2.69. The highest BCUT2D eigenvalue weighted by molar-refractivity contribution is 7.19. The third kappa shape index (κ3) is 2.08. The van der Waals surface area contributed by atoms with Gasteiger partial charge in [-0.15, -0.1) is 11.3 Å². The van der Waals surface area contributed by atoms with Gasteiger partial charge in [-0.3, -0.25) is 14.4 Å². The summed E-state index contributed by atoms with van der Waals surface area (Å²) in [5.74, 6) is -0.727. The minimum absolute atomic E-state index is 0.0667. The van der Waals surface area contributed by atoms with Crippen molar-refractivity contribution in [3.8, 4) is 5.75 Å². The molecule has 0 aliphatic carbocycles. The highest BCUT2D eigenvalue weighted by Crippen LogP contribution is 2.44. The summed E-state index contributed by atoms with van der Waals surface area (Å²) in [6.45, 7) is 1.50. The molecule has 6 nitrogen and oxygen atoms in total. The molecule has 0 atom stereocenters. The van der Waals surface area contributed by atoms with E-state index in [1.807, 2.05) is 0 Å². The van der Waals surface area contributed by atoms with Gasteiger partial charge in [-0.1, -0.05) is 11.6 Å². The molecule has 0 spiro atoms. The molecule has 8 heteroatoms. The normalized spacial score (nSPS) is 10.8. The highest BCUT2D eigenvalue weighted by Gasteiger charge is 2.25. The van der Waals surface area contributed by atoms with Gasteiger partial charge in [0.05, 0.1) is 5.69 Å². The van der Waals surface area contributed by atoms with Gasteiger partial charge in [0.1, 0.15) is 14.9 Å². The predicted octanol–water partition coefficient (Wildman–Crippen LogP) is 1.46. The SMILES string of the molecule is Cc1c(Nc2c(Cl)sc(C(=O)N(C)C)c2O)c(=O)c1=O. The largest absolute Gasteiger partial charge is 0.504 e. The fourth-order valence-corrected chi connectivity index (χ4v) is 2.90. The van der Waals surface area contributed by atoms with Crippen LogP contribution in [0.4, 0.5) is 11.4 Å². The molecule has 1 aromatic heterocycles. The molecule has 1 heterocycles. The molecule has 0 saturated heterocycles. The third-order valence-electron chi connectivity index (χ3n) is 2.84. The van der Waals surface area contributed by atoms with Crippen LogP contribution in [0.25, 0.3) is 0 Å². The molecule has 20 heavy (non-hydrogen) atoms. The Kier molecular flexibility index (Phi) is 3.58. The summed E-state index contributed by atoms with van der Waals surface area (Å²) in [4.78, 5) is 35.7. The Balaban J connectivity index is 2.42. The van der Waals surface area contributed by atoms with E-state index in [1.165, 1.54) is 11.8 Å². The van der Waals surface area contributed by atoms with Crippen LogP contribution in [0.15, 0.2) is 9.59 Å². The molecule has 0 aliphatic rings. The number of anilines is 2. The number of amides is 1. The number of hydrogen-bond acceptors (Lipinski definition) is 6. The Labute approximate surface area is 122 Å². The van der Waals surface area contributed by atoms with Gasteiger partial charge in [0.2, 0.25) is 10.9 Å². The minimum atomic E-state index is -0.662. The summed E-state index contributed by atoms with van der Waals surface area (Å²) in [6.07, 6.45) is 0. The molecule has 106 valence electrons. The van der Waals surface area contributed by atoms with Gasteiger partial charge in [0, 0.05) is 19.7 Å². The van der Waals surface area contributed by atoms with Crippen molar-refractivity contribution in [1.82, 2.24) is 4.90 Å². The van der Waals surface area contributed by atoms with Gasteiger partial charge in [0.25, 0.3) is 5.91 Å². The first-order valence-electron chi connectivity index (χ1n) is 5.55. The minimum Gasteiger partial charge on any atom is -0.504 e. The Bertz CT molecular complexity index is 771. The van der Waals surface area contributed by atoms with Crippen LogP contribution in [-0.4, -0.2) is 30.0 Å². The third-order valence-corrected chi connectivity index (χ3v) is 4.22. The zero-order valence-corrected chi connectivity index (χ0v) is 12.5. The Hall–Kier alpha value is -1.86. The van der Waals surface area contributed by atoms with E-state index < -0.39 is 16.8 Å². The molecule has 0 fully saturated rings. The fraction of sp³-hybridized carbons (Fsp3) is 0.250. The van der Waals surface area contributed by atoms with Crippen LogP contribution in [0.2, 0.25) is 4.34 Å². The summed E-state index contributed by atoms with van der Waals surface area (Å²) >= 11 is 6.86. The molecular weight excluding hydrogens is 304 g/mol. The quantitative estimate of drug-likeness (QED) is 0.838. The second kappa shape index (κ2) is 4.92. The van der Waals surface area contributed by atoms with Crippen LogP contribution in [0.1, 0.15) is 15.2 Å². The van der Waals surface area contributed by atoms with E-state index in [4.69, 9.17) is 11.6 Å². The molecule has 2 rings (SSSR count). The fourth-order valence-electron chi connectivity index (χ4n) is 1.63. The molecule has 0 unspecified atom stereocenters. The molecule has 2 N–H and O–H groups in total. The van der Waals surface area contributed by atoms with Crippen molar-refractivity contribution in [3.05, 3.63) is 35.2 Å². The standard InChI is InChI=1S/C12H11ClN2O4S/c1-4-5(8(17)7(4)16)14-6-9(18)10(20-11(6)13)12(19)15(2)3/h14,18H,1-3H3. The van der Waals surface area contributed by atoms with E-state index in [9.17, 15) is 19.5 Å². The van der Waals surface area contributed by atoms with Crippen molar-refractivity contribution < 1.29 is 9.90 Å². The molecule has 1 amide bonds. The van der Waals surface area contributed by atoms with E-state index >= 15 is 0 Å².